The lowest BCUT2D eigenvalue weighted by Crippen LogP contribution is -2.27. The Morgan fingerprint density at radius 3 is 2.21 bits per heavy atom. The van der Waals surface area contributed by atoms with E-state index in [2.05, 4.69) is 19.1 Å². The zero-order valence-corrected chi connectivity index (χ0v) is 20.1. The van der Waals surface area contributed by atoms with Gasteiger partial charge < -0.3 is 0 Å². The van der Waals surface area contributed by atoms with Gasteiger partial charge in [-0.2, -0.15) is 11.8 Å². The minimum atomic E-state index is -1.32. The van der Waals surface area contributed by atoms with Crippen LogP contribution < -0.4 is 4.31 Å². The van der Waals surface area contributed by atoms with Crippen LogP contribution in [0.2, 0.25) is 10.0 Å². The first-order chi connectivity index (χ1) is 13.5. The quantitative estimate of drug-likeness (QED) is 0.307. The van der Waals surface area contributed by atoms with Gasteiger partial charge in [-0.1, -0.05) is 54.7 Å². The summed E-state index contributed by atoms with van der Waals surface area (Å²) < 4.78 is 15.0. The van der Waals surface area contributed by atoms with E-state index in [0.29, 0.717) is 22.3 Å². The van der Waals surface area contributed by atoms with Gasteiger partial charge in [0.05, 0.1) is 15.6 Å². The third-order valence-electron chi connectivity index (χ3n) is 3.56. The monoisotopic (exact) mass is 457 g/mol. The molecular formula is C22H29Cl2NOS2. The van der Waals surface area contributed by atoms with Crippen LogP contribution >= 0.6 is 35.0 Å². The molecule has 6 heteroatoms. The number of unbranched alkanes of at least 4 members (excludes halogenated alkanes) is 1. The number of rotatable bonds is 8. The molecule has 0 aromatic heterocycles. The number of halogens is 2. The van der Waals surface area contributed by atoms with E-state index in [-0.39, 0.29) is 0 Å². The molecule has 0 radical (unpaired) electrons. The second-order valence-electron chi connectivity index (χ2n) is 5.46. The summed E-state index contributed by atoms with van der Waals surface area (Å²) in [5.74, 6) is 1.09. The lowest BCUT2D eigenvalue weighted by atomic mass is 10.2. The van der Waals surface area contributed by atoms with Crippen molar-refractivity contribution in [1.29, 1.82) is 0 Å². The fourth-order valence-corrected chi connectivity index (χ4v) is 4.43. The maximum absolute atomic E-state index is 13.1. The van der Waals surface area contributed by atoms with Crippen molar-refractivity contribution < 1.29 is 4.21 Å². The second kappa shape index (κ2) is 15.8. The molecule has 28 heavy (non-hydrogen) atoms. The van der Waals surface area contributed by atoms with E-state index in [1.54, 1.807) is 18.2 Å². The summed E-state index contributed by atoms with van der Waals surface area (Å²) in [7, 11) is -1.32. The lowest BCUT2D eigenvalue weighted by Gasteiger charge is -2.25. The Labute approximate surface area is 187 Å². The number of nitrogens with zero attached hydrogens (tertiary/aromatic N) is 1. The third kappa shape index (κ3) is 8.92. The van der Waals surface area contributed by atoms with Crippen molar-refractivity contribution in [2.75, 3.05) is 22.9 Å². The summed E-state index contributed by atoms with van der Waals surface area (Å²) in [6.45, 7) is 6.68. The van der Waals surface area contributed by atoms with Crippen molar-refractivity contribution in [3.05, 3.63) is 58.1 Å². The van der Waals surface area contributed by atoms with Crippen molar-refractivity contribution in [3.8, 4) is 12.8 Å². The lowest BCUT2D eigenvalue weighted by molar-refractivity contribution is 0.676. The van der Waals surface area contributed by atoms with Crippen LogP contribution in [0.5, 0.6) is 0 Å². The molecule has 0 spiro atoms. The van der Waals surface area contributed by atoms with Gasteiger partial charge in [0.1, 0.15) is 0 Å². The SMILES string of the molecule is C#C.CC.CSCCCCN(c1cc(Cl)ccc1Cl)S(=O)c1ccc(C)cc1. The first-order valence-electron chi connectivity index (χ1n) is 9.06. The summed E-state index contributed by atoms with van der Waals surface area (Å²) in [5.41, 5.74) is 1.86. The highest BCUT2D eigenvalue weighted by atomic mass is 35.5. The molecule has 0 aliphatic carbocycles. The van der Waals surface area contributed by atoms with Crippen LogP contribution in [0.15, 0.2) is 47.4 Å². The number of terminal acetylenes is 1. The third-order valence-corrected chi connectivity index (χ3v) is 6.27. The fourth-order valence-electron chi connectivity index (χ4n) is 2.25. The smallest absolute Gasteiger partial charge is 0.152 e. The maximum Gasteiger partial charge on any atom is 0.152 e. The van der Waals surface area contributed by atoms with Gasteiger partial charge in [0.25, 0.3) is 0 Å². The van der Waals surface area contributed by atoms with Gasteiger partial charge in [-0.15, -0.1) is 12.8 Å². The van der Waals surface area contributed by atoms with Gasteiger partial charge in [-0.05, 0) is 62.1 Å². The van der Waals surface area contributed by atoms with Crippen molar-refractivity contribution in [1.82, 2.24) is 0 Å². The number of thioether (sulfide) groups is 1. The van der Waals surface area contributed by atoms with Crippen LogP contribution in [-0.4, -0.2) is 22.8 Å². The highest BCUT2D eigenvalue weighted by Gasteiger charge is 2.19. The molecule has 2 rings (SSSR count). The summed E-state index contributed by atoms with van der Waals surface area (Å²) in [6.07, 6.45) is 12.1. The Kier molecular flexibility index (Phi) is 15.1. The average molecular weight is 459 g/mol. The van der Waals surface area contributed by atoms with Gasteiger partial charge in [0.15, 0.2) is 11.0 Å². The number of hydrogen-bond donors (Lipinski definition) is 0. The molecule has 0 amide bonds. The molecule has 0 aliphatic heterocycles. The van der Waals surface area contributed by atoms with Gasteiger partial charge in [-0.3, -0.25) is 4.31 Å². The Bertz CT molecular complexity index is 733. The van der Waals surface area contributed by atoms with E-state index >= 15 is 0 Å². The Morgan fingerprint density at radius 2 is 1.64 bits per heavy atom. The highest BCUT2D eigenvalue weighted by Crippen LogP contribution is 2.32. The van der Waals surface area contributed by atoms with Crippen molar-refractivity contribution >= 4 is 51.6 Å². The Morgan fingerprint density at radius 1 is 1.04 bits per heavy atom. The molecule has 2 nitrogen and oxygen atoms in total. The van der Waals surface area contributed by atoms with E-state index in [0.717, 1.165) is 29.1 Å². The summed E-state index contributed by atoms with van der Waals surface area (Å²) in [6, 6.07) is 13.0. The van der Waals surface area contributed by atoms with E-state index in [4.69, 9.17) is 23.2 Å². The summed E-state index contributed by atoms with van der Waals surface area (Å²) in [5, 5.41) is 1.15. The van der Waals surface area contributed by atoms with Gasteiger partial charge in [0, 0.05) is 11.6 Å². The Balaban J connectivity index is 0.00000171. The second-order valence-corrected chi connectivity index (χ2v) is 8.70. The number of hydrogen-bond acceptors (Lipinski definition) is 2. The summed E-state index contributed by atoms with van der Waals surface area (Å²) in [4.78, 5) is 0.765. The predicted molar refractivity (Wildman–Crippen MR) is 130 cm³/mol. The molecule has 0 bridgehead atoms. The molecule has 2 aromatic rings. The van der Waals surface area contributed by atoms with E-state index in [1.165, 1.54) is 0 Å². The summed E-state index contributed by atoms with van der Waals surface area (Å²) >= 11 is 14.3. The van der Waals surface area contributed by atoms with Crippen LogP contribution in [0, 0.1) is 19.8 Å². The number of benzene rings is 2. The highest BCUT2D eigenvalue weighted by molar-refractivity contribution is 7.98. The molecule has 0 saturated carbocycles. The molecule has 0 aliphatic rings. The molecule has 0 fully saturated rings. The zero-order valence-electron chi connectivity index (χ0n) is 17.0. The van der Waals surface area contributed by atoms with Gasteiger partial charge in [0.2, 0.25) is 0 Å². The molecule has 0 N–H and O–H groups in total. The van der Waals surface area contributed by atoms with E-state index < -0.39 is 11.0 Å². The number of anilines is 1. The zero-order chi connectivity index (χ0) is 21.5. The van der Waals surface area contributed by atoms with Crippen molar-refractivity contribution in [3.63, 3.8) is 0 Å². The molecular weight excluding hydrogens is 429 g/mol. The first kappa shape index (κ1) is 26.9. The molecule has 0 heterocycles. The fraction of sp³-hybridized carbons (Fsp3) is 0.364. The van der Waals surface area contributed by atoms with Crippen LogP contribution in [0.3, 0.4) is 0 Å². The van der Waals surface area contributed by atoms with Crippen molar-refractivity contribution in [2.24, 2.45) is 0 Å². The van der Waals surface area contributed by atoms with E-state index in [1.807, 2.05) is 61.1 Å². The van der Waals surface area contributed by atoms with Crippen LogP contribution in [0.4, 0.5) is 5.69 Å². The minimum Gasteiger partial charge on any atom is -0.286 e. The molecule has 0 saturated heterocycles. The average Bonchev–Trinajstić information content (AvgIpc) is 2.73. The molecule has 1 unspecified atom stereocenters. The number of aryl methyl sites for hydroxylation is 1. The molecule has 2 aromatic carbocycles. The standard InChI is InChI=1S/C18H21Cl2NOS2.C2H6.C2H2/c1-14-5-8-16(9-6-14)24(22)21(11-3-4-12-23-2)18-13-15(19)7-10-17(18)20;2*1-2/h5-10,13H,3-4,11-12H2,1-2H3;1-2H3;1-2H. The molecule has 154 valence electrons. The first-order valence-corrected chi connectivity index (χ1v) is 12.3. The van der Waals surface area contributed by atoms with Crippen LogP contribution in [-0.2, 0) is 11.0 Å². The van der Waals surface area contributed by atoms with Crippen molar-refractivity contribution in [2.45, 2.75) is 38.5 Å². The van der Waals surface area contributed by atoms with Gasteiger partial charge in [-0.25, -0.2) is 4.21 Å². The minimum absolute atomic E-state index is 0.560. The normalized spacial score (nSPS) is 10.7. The van der Waals surface area contributed by atoms with E-state index in [9.17, 15) is 4.21 Å². The predicted octanol–water partition coefficient (Wildman–Crippen LogP) is 7.25. The molecule has 1 atom stereocenters. The topological polar surface area (TPSA) is 20.3 Å². The maximum atomic E-state index is 13.1. The van der Waals surface area contributed by atoms with Crippen LogP contribution in [0.1, 0.15) is 32.3 Å². The largest absolute Gasteiger partial charge is 0.286 e. The van der Waals surface area contributed by atoms with Gasteiger partial charge >= 0.3 is 0 Å². The van der Waals surface area contributed by atoms with Crippen LogP contribution in [0.25, 0.3) is 0 Å². The Hall–Kier alpha value is -1.12.